The average molecular weight is 427 g/mol. The molecule has 0 N–H and O–H groups in total. The molecule has 1 aromatic heterocycles. The van der Waals surface area contributed by atoms with Crippen LogP contribution in [0.3, 0.4) is 0 Å². The molecule has 0 fully saturated rings. The third kappa shape index (κ3) is 3.57. The van der Waals surface area contributed by atoms with Crippen molar-refractivity contribution in [1.82, 2.24) is 5.01 Å². The highest BCUT2D eigenvalue weighted by Gasteiger charge is 2.35. The number of carbonyl (C=O) groups is 1. The van der Waals surface area contributed by atoms with Gasteiger partial charge < -0.3 is 4.42 Å². The predicted molar refractivity (Wildman–Crippen MR) is 104 cm³/mol. The number of benzene rings is 2. The van der Waals surface area contributed by atoms with Crippen molar-refractivity contribution < 1.29 is 13.6 Å². The predicted octanol–water partition coefficient (Wildman–Crippen LogP) is 5.48. The molecule has 0 saturated heterocycles. The molecule has 1 aliphatic heterocycles. The fourth-order valence-corrected chi connectivity index (χ4v) is 3.36. The molecule has 0 bridgehead atoms. The minimum Gasteiger partial charge on any atom is -0.464 e. The maximum absolute atomic E-state index is 13.2. The van der Waals surface area contributed by atoms with Gasteiger partial charge in [-0.3, -0.25) is 4.79 Å². The molecular weight excluding hydrogens is 411 g/mol. The Hall–Kier alpha value is -2.73. The third-order valence-electron chi connectivity index (χ3n) is 4.48. The van der Waals surface area contributed by atoms with E-state index in [1.54, 1.807) is 0 Å². The van der Waals surface area contributed by atoms with Crippen LogP contribution in [0.4, 0.5) is 4.39 Å². The number of rotatable bonds is 3. The van der Waals surface area contributed by atoms with E-state index in [2.05, 4.69) is 21.0 Å². The summed E-state index contributed by atoms with van der Waals surface area (Å²) in [5.74, 6) is 0.779. The number of aryl methyl sites for hydroxylation is 1. The molecule has 0 saturated carbocycles. The number of furan rings is 1. The molecule has 1 atom stereocenters. The van der Waals surface area contributed by atoms with Crippen LogP contribution in [0.25, 0.3) is 0 Å². The second kappa shape index (κ2) is 7.12. The van der Waals surface area contributed by atoms with Crippen LogP contribution >= 0.6 is 15.9 Å². The molecule has 1 aliphatic rings. The van der Waals surface area contributed by atoms with Crippen molar-refractivity contribution in [3.8, 4) is 0 Å². The summed E-state index contributed by atoms with van der Waals surface area (Å²) in [5, 5.41) is 6.02. The molecule has 0 radical (unpaired) electrons. The Kier molecular flexibility index (Phi) is 4.66. The zero-order valence-electron chi connectivity index (χ0n) is 14.5. The molecule has 4 rings (SSSR count). The van der Waals surface area contributed by atoms with E-state index >= 15 is 0 Å². The summed E-state index contributed by atoms with van der Waals surface area (Å²) in [6.45, 7) is 1.86. The summed E-state index contributed by atoms with van der Waals surface area (Å²) in [5.41, 5.74) is 2.13. The molecule has 2 aromatic carbocycles. The van der Waals surface area contributed by atoms with Gasteiger partial charge in [-0.05, 0) is 61.0 Å². The lowest BCUT2D eigenvalue weighted by molar-refractivity contribution is 0.0692. The molecule has 27 heavy (non-hydrogen) atoms. The van der Waals surface area contributed by atoms with Gasteiger partial charge in [0.25, 0.3) is 5.91 Å². The molecule has 6 heteroatoms. The first kappa shape index (κ1) is 17.7. The first-order valence-corrected chi connectivity index (χ1v) is 9.29. The van der Waals surface area contributed by atoms with Gasteiger partial charge in [-0.1, -0.05) is 28.1 Å². The van der Waals surface area contributed by atoms with Crippen LogP contribution in [0.5, 0.6) is 0 Å². The minimum absolute atomic E-state index is 0.291. The van der Waals surface area contributed by atoms with E-state index in [0.717, 1.165) is 21.5 Å². The van der Waals surface area contributed by atoms with Gasteiger partial charge in [0.05, 0.1) is 5.71 Å². The molecule has 2 heterocycles. The number of hydrazone groups is 1. The summed E-state index contributed by atoms with van der Waals surface area (Å²) in [7, 11) is 0. The van der Waals surface area contributed by atoms with Crippen LogP contribution in [-0.2, 0) is 0 Å². The highest BCUT2D eigenvalue weighted by atomic mass is 79.9. The Morgan fingerprint density at radius 3 is 2.44 bits per heavy atom. The van der Waals surface area contributed by atoms with Crippen molar-refractivity contribution in [2.75, 3.05) is 0 Å². The standard InChI is InChI=1S/C21H16BrFN2O2/c1-13-2-11-20(27-13)19-12-18(14-3-7-16(22)8-4-14)24-25(19)21(26)15-5-9-17(23)10-6-15/h2-11,19H,12H2,1H3/t19-/m0/s1. The average Bonchev–Trinajstić information content (AvgIpc) is 3.29. The Balaban J connectivity index is 1.71. The lowest BCUT2D eigenvalue weighted by atomic mass is 10.0. The fourth-order valence-electron chi connectivity index (χ4n) is 3.09. The van der Waals surface area contributed by atoms with Gasteiger partial charge in [0.1, 0.15) is 23.4 Å². The van der Waals surface area contributed by atoms with Crippen LogP contribution in [0.15, 0.2) is 74.7 Å². The van der Waals surface area contributed by atoms with Gasteiger partial charge in [0.2, 0.25) is 0 Å². The van der Waals surface area contributed by atoms with Gasteiger partial charge >= 0.3 is 0 Å². The van der Waals surface area contributed by atoms with Crippen molar-refractivity contribution in [3.05, 3.63) is 93.6 Å². The van der Waals surface area contributed by atoms with Crippen molar-refractivity contribution in [1.29, 1.82) is 0 Å². The van der Waals surface area contributed by atoms with E-state index in [9.17, 15) is 9.18 Å². The first-order valence-electron chi connectivity index (χ1n) is 8.50. The van der Waals surface area contributed by atoms with E-state index in [1.807, 2.05) is 43.3 Å². The number of amides is 1. The molecule has 4 nitrogen and oxygen atoms in total. The van der Waals surface area contributed by atoms with E-state index in [0.29, 0.717) is 17.7 Å². The second-order valence-electron chi connectivity index (χ2n) is 6.38. The lowest BCUT2D eigenvalue weighted by Crippen LogP contribution is -2.26. The van der Waals surface area contributed by atoms with Crippen molar-refractivity contribution in [2.45, 2.75) is 19.4 Å². The van der Waals surface area contributed by atoms with E-state index in [-0.39, 0.29) is 17.8 Å². The summed E-state index contributed by atoms with van der Waals surface area (Å²) in [6, 6.07) is 16.7. The topological polar surface area (TPSA) is 45.8 Å². The number of hydrogen-bond acceptors (Lipinski definition) is 3. The molecular formula is C21H16BrFN2O2. The normalized spacial score (nSPS) is 16.5. The van der Waals surface area contributed by atoms with Gasteiger partial charge in [-0.15, -0.1) is 0 Å². The maximum atomic E-state index is 13.2. The van der Waals surface area contributed by atoms with E-state index < -0.39 is 0 Å². The number of hydrogen-bond donors (Lipinski definition) is 0. The Bertz CT molecular complexity index is 1010. The highest BCUT2D eigenvalue weighted by Crippen LogP contribution is 2.35. The smallest absolute Gasteiger partial charge is 0.274 e. The molecule has 0 aliphatic carbocycles. The third-order valence-corrected chi connectivity index (χ3v) is 5.01. The molecule has 1 amide bonds. The molecule has 3 aromatic rings. The SMILES string of the molecule is Cc1ccc([C@@H]2CC(c3ccc(Br)cc3)=NN2C(=O)c2ccc(F)cc2)o1. The van der Waals surface area contributed by atoms with E-state index in [1.165, 1.54) is 29.3 Å². The monoisotopic (exact) mass is 426 g/mol. The lowest BCUT2D eigenvalue weighted by Gasteiger charge is -2.20. The minimum atomic E-state index is -0.384. The zero-order valence-corrected chi connectivity index (χ0v) is 16.1. The van der Waals surface area contributed by atoms with Crippen LogP contribution in [0, 0.1) is 12.7 Å². The quantitative estimate of drug-likeness (QED) is 0.556. The Morgan fingerprint density at radius 2 is 1.81 bits per heavy atom. The summed E-state index contributed by atoms with van der Waals surface area (Å²) >= 11 is 3.43. The summed E-state index contributed by atoms with van der Waals surface area (Å²) in [6.07, 6.45) is 0.543. The number of halogens is 2. The Morgan fingerprint density at radius 1 is 1.11 bits per heavy atom. The van der Waals surface area contributed by atoms with Crippen LogP contribution in [0.2, 0.25) is 0 Å². The van der Waals surface area contributed by atoms with E-state index in [4.69, 9.17) is 4.42 Å². The van der Waals surface area contributed by atoms with Crippen molar-refractivity contribution in [2.24, 2.45) is 5.10 Å². The first-order chi connectivity index (χ1) is 13.0. The van der Waals surface area contributed by atoms with Gasteiger partial charge in [0.15, 0.2) is 0 Å². The van der Waals surface area contributed by atoms with Crippen LogP contribution in [0.1, 0.15) is 39.9 Å². The van der Waals surface area contributed by atoms with Gasteiger partial charge in [-0.2, -0.15) is 5.10 Å². The van der Waals surface area contributed by atoms with Crippen LogP contribution < -0.4 is 0 Å². The van der Waals surface area contributed by atoms with Crippen molar-refractivity contribution in [3.63, 3.8) is 0 Å². The van der Waals surface area contributed by atoms with Gasteiger partial charge in [-0.25, -0.2) is 9.40 Å². The highest BCUT2D eigenvalue weighted by molar-refractivity contribution is 9.10. The fraction of sp³-hybridized carbons (Fsp3) is 0.143. The van der Waals surface area contributed by atoms with Crippen molar-refractivity contribution >= 4 is 27.5 Å². The zero-order chi connectivity index (χ0) is 19.0. The maximum Gasteiger partial charge on any atom is 0.274 e. The number of carbonyl (C=O) groups excluding carboxylic acids is 1. The van der Waals surface area contributed by atoms with Gasteiger partial charge in [0, 0.05) is 16.5 Å². The Labute approximate surface area is 164 Å². The largest absolute Gasteiger partial charge is 0.464 e. The second-order valence-corrected chi connectivity index (χ2v) is 7.29. The molecule has 0 unspecified atom stereocenters. The molecule has 0 spiro atoms. The summed E-state index contributed by atoms with van der Waals surface area (Å²) in [4.78, 5) is 13.0. The summed E-state index contributed by atoms with van der Waals surface area (Å²) < 4.78 is 20.0. The molecule has 136 valence electrons. The van der Waals surface area contributed by atoms with Crippen LogP contribution in [-0.4, -0.2) is 16.6 Å². The number of nitrogens with zero attached hydrogens (tertiary/aromatic N) is 2.